The summed E-state index contributed by atoms with van der Waals surface area (Å²) < 4.78 is 5.21. The standard InChI is InChI=1S/C24H28O/c1-19-3-5-20(6-4-19)7-8-21-9-11-22(12-10-21)13-14-23-15-17-24(25-2)18-16-23/h3-8,13-18,21-22H,9-12H2,1-2H3/b8-7+,14-13+. The molecule has 1 fully saturated rings. The first-order valence-electron chi connectivity index (χ1n) is 9.30. The van der Waals surface area contributed by atoms with Gasteiger partial charge in [0.1, 0.15) is 5.75 Å². The minimum Gasteiger partial charge on any atom is -0.497 e. The van der Waals surface area contributed by atoms with Crippen LogP contribution in [-0.2, 0) is 0 Å². The lowest BCUT2D eigenvalue weighted by Crippen LogP contribution is -2.11. The highest BCUT2D eigenvalue weighted by atomic mass is 16.5. The Balaban J connectivity index is 1.47. The summed E-state index contributed by atoms with van der Waals surface area (Å²) >= 11 is 0. The molecular formula is C24H28O. The largest absolute Gasteiger partial charge is 0.497 e. The van der Waals surface area contributed by atoms with Crippen LogP contribution >= 0.6 is 0 Å². The summed E-state index contributed by atoms with van der Waals surface area (Å²) in [7, 11) is 1.70. The number of hydrogen-bond acceptors (Lipinski definition) is 1. The van der Waals surface area contributed by atoms with Crippen molar-refractivity contribution in [1.29, 1.82) is 0 Å². The Kier molecular flexibility index (Phi) is 6.11. The predicted molar refractivity (Wildman–Crippen MR) is 108 cm³/mol. The van der Waals surface area contributed by atoms with Crippen LogP contribution in [0.5, 0.6) is 5.75 Å². The van der Waals surface area contributed by atoms with E-state index < -0.39 is 0 Å². The Hall–Kier alpha value is -2.28. The lowest BCUT2D eigenvalue weighted by molar-refractivity contribution is 0.358. The molecule has 0 radical (unpaired) electrons. The molecule has 25 heavy (non-hydrogen) atoms. The van der Waals surface area contributed by atoms with Crippen LogP contribution in [0.2, 0.25) is 0 Å². The van der Waals surface area contributed by atoms with E-state index in [1.807, 2.05) is 12.1 Å². The number of aryl methyl sites for hydroxylation is 1. The molecule has 1 saturated carbocycles. The fraction of sp³-hybridized carbons (Fsp3) is 0.333. The van der Waals surface area contributed by atoms with Gasteiger partial charge in [0, 0.05) is 0 Å². The van der Waals surface area contributed by atoms with Gasteiger partial charge < -0.3 is 4.74 Å². The van der Waals surface area contributed by atoms with E-state index in [1.165, 1.54) is 42.4 Å². The van der Waals surface area contributed by atoms with Gasteiger partial charge in [-0.1, -0.05) is 66.3 Å². The van der Waals surface area contributed by atoms with E-state index in [2.05, 4.69) is 67.6 Å². The van der Waals surface area contributed by atoms with Crippen LogP contribution in [0.3, 0.4) is 0 Å². The molecule has 0 N–H and O–H groups in total. The van der Waals surface area contributed by atoms with Crippen molar-refractivity contribution in [2.24, 2.45) is 11.8 Å². The lowest BCUT2D eigenvalue weighted by atomic mass is 9.81. The maximum absolute atomic E-state index is 5.21. The smallest absolute Gasteiger partial charge is 0.118 e. The first-order chi connectivity index (χ1) is 12.2. The quantitative estimate of drug-likeness (QED) is 0.604. The van der Waals surface area contributed by atoms with Crippen LogP contribution in [0.15, 0.2) is 60.7 Å². The SMILES string of the molecule is COc1ccc(/C=C/C2CCC(/C=C/c3ccc(C)cc3)CC2)cc1. The van der Waals surface area contributed by atoms with Crippen molar-refractivity contribution in [3.8, 4) is 5.75 Å². The fourth-order valence-electron chi connectivity index (χ4n) is 3.42. The molecule has 1 aliphatic rings. The van der Waals surface area contributed by atoms with Gasteiger partial charge in [-0.15, -0.1) is 0 Å². The highest BCUT2D eigenvalue weighted by Gasteiger charge is 2.17. The average Bonchev–Trinajstić information content (AvgIpc) is 2.67. The molecule has 0 atom stereocenters. The third-order valence-corrected chi connectivity index (χ3v) is 5.13. The normalized spacial score (nSPS) is 21.0. The second kappa shape index (κ2) is 8.71. The molecule has 0 aromatic heterocycles. The van der Waals surface area contributed by atoms with Crippen molar-refractivity contribution >= 4 is 12.2 Å². The Bertz CT molecular complexity index is 699. The Morgan fingerprint density at radius 3 is 1.60 bits per heavy atom. The van der Waals surface area contributed by atoms with E-state index in [9.17, 15) is 0 Å². The van der Waals surface area contributed by atoms with Crippen LogP contribution in [0.1, 0.15) is 42.4 Å². The Labute approximate surface area is 152 Å². The molecule has 130 valence electrons. The highest BCUT2D eigenvalue weighted by Crippen LogP contribution is 2.31. The topological polar surface area (TPSA) is 9.23 Å². The lowest BCUT2D eigenvalue weighted by Gasteiger charge is -2.24. The van der Waals surface area contributed by atoms with Crippen molar-refractivity contribution in [2.45, 2.75) is 32.6 Å². The number of hydrogen-bond donors (Lipinski definition) is 0. The van der Waals surface area contributed by atoms with E-state index >= 15 is 0 Å². The zero-order valence-corrected chi connectivity index (χ0v) is 15.3. The summed E-state index contributed by atoms with van der Waals surface area (Å²) in [6.45, 7) is 2.13. The third-order valence-electron chi connectivity index (χ3n) is 5.13. The minimum atomic E-state index is 0.714. The first kappa shape index (κ1) is 17.5. The Morgan fingerprint density at radius 1 is 0.720 bits per heavy atom. The summed E-state index contributed by atoms with van der Waals surface area (Å²) in [5.41, 5.74) is 3.88. The Morgan fingerprint density at radius 2 is 1.16 bits per heavy atom. The van der Waals surface area contributed by atoms with Gasteiger partial charge in [0.25, 0.3) is 0 Å². The second-order valence-electron chi connectivity index (χ2n) is 7.08. The number of rotatable bonds is 5. The van der Waals surface area contributed by atoms with Crippen LogP contribution in [0, 0.1) is 18.8 Å². The molecule has 1 nitrogen and oxygen atoms in total. The molecule has 0 heterocycles. The van der Waals surface area contributed by atoms with Gasteiger partial charge in [0.05, 0.1) is 7.11 Å². The molecule has 0 saturated heterocycles. The third kappa shape index (κ3) is 5.35. The molecule has 1 heteroatoms. The maximum atomic E-state index is 5.21. The van der Waals surface area contributed by atoms with Crippen LogP contribution in [-0.4, -0.2) is 7.11 Å². The molecule has 3 rings (SSSR count). The molecule has 0 bridgehead atoms. The van der Waals surface area contributed by atoms with E-state index in [4.69, 9.17) is 4.74 Å². The fourth-order valence-corrected chi connectivity index (χ4v) is 3.42. The zero-order valence-electron chi connectivity index (χ0n) is 15.3. The van der Waals surface area contributed by atoms with E-state index in [-0.39, 0.29) is 0 Å². The highest BCUT2D eigenvalue weighted by molar-refractivity contribution is 5.51. The predicted octanol–water partition coefficient (Wildman–Crippen LogP) is 6.54. The van der Waals surface area contributed by atoms with Gasteiger partial charge in [-0.3, -0.25) is 0 Å². The van der Waals surface area contributed by atoms with Crippen molar-refractivity contribution in [2.75, 3.05) is 7.11 Å². The summed E-state index contributed by atoms with van der Waals surface area (Å²) in [6.07, 6.45) is 14.5. The van der Waals surface area contributed by atoms with Crippen LogP contribution in [0.25, 0.3) is 12.2 Å². The van der Waals surface area contributed by atoms with Crippen molar-refractivity contribution in [3.05, 3.63) is 77.4 Å². The number of methoxy groups -OCH3 is 1. The molecule has 0 aliphatic heterocycles. The van der Waals surface area contributed by atoms with Crippen molar-refractivity contribution < 1.29 is 4.74 Å². The minimum absolute atomic E-state index is 0.714. The number of ether oxygens (including phenoxy) is 1. The molecular weight excluding hydrogens is 304 g/mol. The molecule has 2 aromatic carbocycles. The van der Waals surface area contributed by atoms with Gasteiger partial charge in [0.2, 0.25) is 0 Å². The van der Waals surface area contributed by atoms with Gasteiger partial charge in [0.15, 0.2) is 0 Å². The monoisotopic (exact) mass is 332 g/mol. The zero-order chi connectivity index (χ0) is 17.5. The average molecular weight is 332 g/mol. The van der Waals surface area contributed by atoms with E-state index in [0.717, 1.165) is 11.7 Å². The van der Waals surface area contributed by atoms with E-state index in [1.54, 1.807) is 7.11 Å². The number of benzene rings is 2. The van der Waals surface area contributed by atoms with Gasteiger partial charge in [-0.2, -0.15) is 0 Å². The summed E-state index contributed by atoms with van der Waals surface area (Å²) in [5, 5.41) is 0. The summed E-state index contributed by atoms with van der Waals surface area (Å²) in [5.74, 6) is 2.36. The van der Waals surface area contributed by atoms with Crippen molar-refractivity contribution in [3.63, 3.8) is 0 Å². The van der Waals surface area contributed by atoms with Gasteiger partial charge >= 0.3 is 0 Å². The summed E-state index contributed by atoms with van der Waals surface area (Å²) in [4.78, 5) is 0. The molecule has 2 aromatic rings. The van der Waals surface area contributed by atoms with Crippen molar-refractivity contribution in [1.82, 2.24) is 0 Å². The first-order valence-corrected chi connectivity index (χ1v) is 9.30. The second-order valence-corrected chi connectivity index (χ2v) is 7.08. The summed E-state index contributed by atoms with van der Waals surface area (Å²) in [6, 6.07) is 17.0. The molecule has 0 amide bonds. The molecule has 0 unspecified atom stereocenters. The maximum Gasteiger partial charge on any atom is 0.118 e. The van der Waals surface area contributed by atoms with Crippen LogP contribution < -0.4 is 4.74 Å². The van der Waals surface area contributed by atoms with Gasteiger partial charge in [-0.05, 0) is 67.7 Å². The molecule has 1 aliphatic carbocycles. The van der Waals surface area contributed by atoms with Gasteiger partial charge in [-0.25, -0.2) is 0 Å². The number of allylic oxidation sites excluding steroid dienone is 2. The van der Waals surface area contributed by atoms with E-state index in [0.29, 0.717) is 5.92 Å². The van der Waals surface area contributed by atoms with Crippen LogP contribution in [0.4, 0.5) is 0 Å². The molecule has 0 spiro atoms.